The number of carbonyl (C=O) groups is 3. The molecule has 1 N–H and O–H groups in total. The van der Waals surface area contributed by atoms with E-state index >= 15 is 0 Å². The van der Waals surface area contributed by atoms with Crippen molar-refractivity contribution in [1.29, 1.82) is 0 Å². The Balaban J connectivity index is 1.98. The first-order valence-corrected chi connectivity index (χ1v) is 9.40. The molecule has 2 atom stereocenters. The maximum absolute atomic E-state index is 13.9. The van der Waals surface area contributed by atoms with Gasteiger partial charge in [-0.2, -0.15) is 0 Å². The number of carbonyl (C=O) groups excluding carboxylic acids is 2. The fourth-order valence-corrected chi connectivity index (χ4v) is 3.69. The molecule has 1 heterocycles. The van der Waals surface area contributed by atoms with Crippen molar-refractivity contribution >= 4 is 17.8 Å². The zero-order chi connectivity index (χ0) is 20.8. The largest absolute Gasteiger partial charge is 0.480 e. The van der Waals surface area contributed by atoms with Crippen molar-refractivity contribution in [3.63, 3.8) is 0 Å². The summed E-state index contributed by atoms with van der Waals surface area (Å²) in [4.78, 5) is 38.5. The minimum absolute atomic E-state index is 0.0960. The van der Waals surface area contributed by atoms with Crippen LogP contribution in [0.25, 0.3) is 0 Å². The Morgan fingerprint density at radius 2 is 1.96 bits per heavy atom. The van der Waals surface area contributed by atoms with Crippen LogP contribution in [0.5, 0.6) is 0 Å². The van der Waals surface area contributed by atoms with Crippen molar-refractivity contribution in [2.45, 2.75) is 51.5 Å². The molecular weight excluding hydrogens is 370 g/mol. The van der Waals surface area contributed by atoms with E-state index in [2.05, 4.69) is 0 Å². The van der Waals surface area contributed by atoms with Crippen LogP contribution in [0.15, 0.2) is 18.2 Å². The van der Waals surface area contributed by atoms with Gasteiger partial charge in [0.15, 0.2) is 0 Å². The topological polar surface area (TPSA) is 77.9 Å². The number of halogens is 2. The quantitative estimate of drug-likeness (QED) is 0.802. The highest BCUT2D eigenvalue weighted by Gasteiger charge is 2.28. The van der Waals surface area contributed by atoms with Crippen molar-refractivity contribution in [2.75, 3.05) is 19.6 Å². The van der Waals surface area contributed by atoms with Crippen LogP contribution in [0.1, 0.15) is 51.0 Å². The molecule has 6 nitrogen and oxygen atoms in total. The van der Waals surface area contributed by atoms with E-state index in [0.717, 1.165) is 6.07 Å². The van der Waals surface area contributed by atoms with Crippen molar-refractivity contribution < 1.29 is 28.3 Å². The molecule has 1 aliphatic rings. The minimum atomic E-state index is -1.07. The van der Waals surface area contributed by atoms with Gasteiger partial charge in [-0.15, -0.1) is 0 Å². The van der Waals surface area contributed by atoms with Crippen LogP contribution in [0.2, 0.25) is 0 Å². The van der Waals surface area contributed by atoms with E-state index in [9.17, 15) is 23.2 Å². The summed E-state index contributed by atoms with van der Waals surface area (Å²) in [5, 5.41) is 9.01. The second-order valence-electron chi connectivity index (χ2n) is 7.28. The van der Waals surface area contributed by atoms with Gasteiger partial charge in [0.05, 0.1) is 0 Å². The number of carboxylic acids is 1. The zero-order valence-electron chi connectivity index (χ0n) is 16.2. The van der Waals surface area contributed by atoms with Crippen LogP contribution in [0, 0.1) is 11.6 Å². The number of nitrogens with zero attached hydrogens (tertiary/aromatic N) is 2. The lowest BCUT2D eigenvalue weighted by Crippen LogP contribution is -2.43. The van der Waals surface area contributed by atoms with Crippen molar-refractivity contribution in [1.82, 2.24) is 9.80 Å². The average molecular weight is 396 g/mol. The number of carboxylic acid groups (broad SMARTS) is 1. The van der Waals surface area contributed by atoms with Crippen LogP contribution in [0.4, 0.5) is 8.78 Å². The SMILES string of the molecule is CC(=O)N(CC(=O)O)C1CCCN(C(=O)CC(C)c2ccc(F)cc2F)CC1. The predicted octanol–water partition coefficient (Wildman–Crippen LogP) is 2.77. The molecule has 0 radical (unpaired) electrons. The Hall–Kier alpha value is -2.51. The summed E-state index contributed by atoms with van der Waals surface area (Å²) in [6, 6.07) is 3.12. The number of aliphatic carboxylic acids is 1. The molecule has 0 saturated carbocycles. The number of likely N-dealkylation sites (tertiary alicyclic amines) is 1. The van der Waals surface area contributed by atoms with Gasteiger partial charge in [-0.25, -0.2) is 8.78 Å². The molecule has 1 saturated heterocycles. The maximum Gasteiger partial charge on any atom is 0.323 e. The number of amides is 2. The molecule has 1 aromatic carbocycles. The Labute approximate surface area is 163 Å². The number of rotatable bonds is 6. The summed E-state index contributed by atoms with van der Waals surface area (Å²) in [7, 11) is 0. The fraction of sp³-hybridized carbons (Fsp3) is 0.550. The van der Waals surface area contributed by atoms with Gasteiger partial charge in [-0.05, 0) is 36.8 Å². The molecular formula is C20H26F2N2O4. The lowest BCUT2D eigenvalue weighted by molar-refractivity contribution is -0.145. The van der Waals surface area contributed by atoms with E-state index in [1.165, 1.54) is 24.0 Å². The van der Waals surface area contributed by atoms with E-state index in [1.54, 1.807) is 11.8 Å². The summed E-state index contributed by atoms with van der Waals surface area (Å²) in [5.41, 5.74) is 0.298. The van der Waals surface area contributed by atoms with E-state index < -0.39 is 23.5 Å². The second-order valence-corrected chi connectivity index (χ2v) is 7.28. The van der Waals surface area contributed by atoms with Gasteiger partial charge < -0.3 is 14.9 Å². The summed E-state index contributed by atoms with van der Waals surface area (Å²) in [6.45, 7) is 3.63. The molecule has 154 valence electrons. The van der Waals surface area contributed by atoms with Crippen LogP contribution < -0.4 is 0 Å². The van der Waals surface area contributed by atoms with Gasteiger partial charge >= 0.3 is 5.97 Å². The summed E-state index contributed by atoms with van der Waals surface area (Å²) in [6.07, 6.45) is 1.87. The van der Waals surface area contributed by atoms with Gasteiger partial charge in [-0.3, -0.25) is 14.4 Å². The third-order valence-corrected chi connectivity index (χ3v) is 5.18. The van der Waals surface area contributed by atoms with Gasteiger partial charge in [0.1, 0.15) is 18.2 Å². The number of hydrogen-bond donors (Lipinski definition) is 1. The zero-order valence-corrected chi connectivity index (χ0v) is 16.2. The number of benzene rings is 1. The summed E-state index contributed by atoms with van der Waals surface area (Å²) in [5.74, 6) is -3.22. The Morgan fingerprint density at radius 3 is 2.57 bits per heavy atom. The van der Waals surface area contributed by atoms with Crippen LogP contribution in [-0.2, 0) is 14.4 Å². The molecule has 2 amide bonds. The normalized spacial score (nSPS) is 18.3. The molecule has 0 aliphatic carbocycles. The molecule has 0 aromatic heterocycles. The summed E-state index contributed by atoms with van der Waals surface area (Å²) < 4.78 is 27.0. The third kappa shape index (κ3) is 5.74. The average Bonchev–Trinajstić information content (AvgIpc) is 2.85. The smallest absolute Gasteiger partial charge is 0.323 e. The van der Waals surface area contributed by atoms with Gasteiger partial charge in [0.2, 0.25) is 11.8 Å². The third-order valence-electron chi connectivity index (χ3n) is 5.18. The van der Waals surface area contributed by atoms with E-state index in [1.807, 2.05) is 0 Å². The maximum atomic E-state index is 13.9. The van der Waals surface area contributed by atoms with Crippen LogP contribution >= 0.6 is 0 Å². The fourth-order valence-electron chi connectivity index (χ4n) is 3.69. The lowest BCUT2D eigenvalue weighted by Gasteiger charge is -2.29. The first kappa shape index (κ1) is 21.8. The molecule has 2 rings (SSSR count). The standard InChI is InChI=1S/C20H26F2N2O4/c1-13(17-6-5-15(21)11-18(17)22)10-19(26)23-8-3-4-16(7-9-23)24(14(2)25)12-20(27)28/h5-6,11,13,16H,3-4,7-10,12H2,1-2H3,(H,27,28). The first-order chi connectivity index (χ1) is 13.2. The molecule has 0 spiro atoms. The van der Waals surface area contributed by atoms with E-state index in [0.29, 0.717) is 37.9 Å². The highest BCUT2D eigenvalue weighted by molar-refractivity contribution is 5.80. The van der Waals surface area contributed by atoms with Crippen molar-refractivity contribution in [3.8, 4) is 0 Å². The molecule has 28 heavy (non-hydrogen) atoms. The molecule has 1 fully saturated rings. The molecule has 2 unspecified atom stereocenters. The first-order valence-electron chi connectivity index (χ1n) is 9.40. The Morgan fingerprint density at radius 1 is 1.25 bits per heavy atom. The molecule has 8 heteroatoms. The highest BCUT2D eigenvalue weighted by Crippen LogP contribution is 2.25. The van der Waals surface area contributed by atoms with Gasteiger partial charge in [0, 0.05) is 38.5 Å². The van der Waals surface area contributed by atoms with Crippen LogP contribution in [0.3, 0.4) is 0 Å². The van der Waals surface area contributed by atoms with Gasteiger partial charge in [0.25, 0.3) is 0 Å². The van der Waals surface area contributed by atoms with Gasteiger partial charge in [-0.1, -0.05) is 13.0 Å². The lowest BCUT2D eigenvalue weighted by atomic mass is 9.96. The van der Waals surface area contributed by atoms with E-state index in [4.69, 9.17) is 5.11 Å². The Kier molecular flexibility index (Phi) is 7.48. The second kappa shape index (κ2) is 9.61. The summed E-state index contributed by atoms with van der Waals surface area (Å²) >= 11 is 0. The predicted molar refractivity (Wildman–Crippen MR) is 98.6 cm³/mol. The number of hydrogen-bond acceptors (Lipinski definition) is 3. The monoisotopic (exact) mass is 396 g/mol. The minimum Gasteiger partial charge on any atom is -0.480 e. The molecule has 1 aromatic rings. The van der Waals surface area contributed by atoms with Crippen molar-refractivity contribution in [3.05, 3.63) is 35.4 Å². The molecule has 0 bridgehead atoms. The van der Waals surface area contributed by atoms with E-state index in [-0.39, 0.29) is 30.8 Å². The van der Waals surface area contributed by atoms with Crippen LogP contribution in [-0.4, -0.2) is 58.4 Å². The highest BCUT2D eigenvalue weighted by atomic mass is 19.1. The molecule has 1 aliphatic heterocycles. The Bertz CT molecular complexity index is 741. The van der Waals surface area contributed by atoms with Crippen molar-refractivity contribution in [2.24, 2.45) is 0 Å².